The van der Waals surface area contributed by atoms with Gasteiger partial charge in [-0.25, -0.2) is 9.97 Å². The van der Waals surface area contributed by atoms with Gasteiger partial charge in [0.05, 0.1) is 5.01 Å². The zero-order chi connectivity index (χ0) is 11.4. The number of thiazole rings is 1. The van der Waals surface area contributed by atoms with Gasteiger partial charge in [0.2, 0.25) is 0 Å². The maximum Gasteiger partial charge on any atom is 0.293 e. The van der Waals surface area contributed by atoms with Crippen molar-refractivity contribution in [2.45, 2.75) is 6.42 Å². The maximum atomic E-state index is 11.6. The molecule has 0 unspecified atom stereocenters. The lowest BCUT2D eigenvalue weighted by atomic mass is 10.4. The number of nitrogens with zero attached hydrogens (tertiary/aromatic N) is 3. The van der Waals surface area contributed by atoms with E-state index in [-0.39, 0.29) is 5.56 Å². The molecule has 0 bridgehead atoms. The molecule has 0 saturated carbocycles. The van der Waals surface area contributed by atoms with Gasteiger partial charge < -0.3 is 9.88 Å². The highest BCUT2D eigenvalue weighted by Crippen LogP contribution is 2.04. The molecule has 84 valence electrons. The molecule has 0 aromatic carbocycles. The summed E-state index contributed by atoms with van der Waals surface area (Å²) in [6, 6.07) is 0. The minimum Gasteiger partial charge on any atom is -0.365 e. The Morgan fingerprint density at radius 3 is 3.06 bits per heavy atom. The van der Waals surface area contributed by atoms with Gasteiger partial charge in [0.15, 0.2) is 5.82 Å². The van der Waals surface area contributed by atoms with Crippen LogP contribution in [-0.4, -0.2) is 21.1 Å². The predicted octanol–water partition coefficient (Wildman–Crippen LogP) is 0.891. The van der Waals surface area contributed by atoms with Gasteiger partial charge in [-0.1, -0.05) is 0 Å². The third kappa shape index (κ3) is 2.46. The van der Waals surface area contributed by atoms with Crippen LogP contribution >= 0.6 is 11.3 Å². The van der Waals surface area contributed by atoms with Crippen LogP contribution in [0.4, 0.5) is 5.82 Å². The van der Waals surface area contributed by atoms with E-state index in [4.69, 9.17) is 0 Å². The van der Waals surface area contributed by atoms with Crippen molar-refractivity contribution in [3.05, 3.63) is 39.3 Å². The van der Waals surface area contributed by atoms with Crippen molar-refractivity contribution in [2.24, 2.45) is 7.05 Å². The summed E-state index contributed by atoms with van der Waals surface area (Å²) in [4.78, 5) is 19.7. The molecule has 2 aromatic rings. The number of hydrogen-bond acceptors (Lipinski definition) is 5. The molecule has 0 aliphatic rings. The average molecular weight is 236 g/mol. The smallest absolute Gasteiger partial charge is 0.293 e. The molecule has 2 aromatic heterocycles. The van der Waals surface area contributed by atoms with Crippen molar-refractivity contribution < 1.29 is 0 Å². The monoisotopic (exact) mass is 236 g/mol. The topological polar surface area (TPSA) is 59.8 Å². The number of rotatable bonds is 4. The molecule has 0 aliphatic carbocycles. The third-order valence-corrected chi connectivity index (χ3v) is 2.97. The summed E-state index contributed by atoms with van der Waals surface area (Å²) in [5, 5.41) is 6.01. The van der Waals surface area contributed by atoms with Gasteiger partial charge in [-0.05, 0) is 0 Å². The highest BCUT2D eigenvalue weighted by molar-refractivity contribution is 7.09. The second kappa shape index (κ2) is 4.89. The number of aryl methyl sites for hydroxylation is 1. The van der Waals surface area contributed by atoms with E-state index in [2.05, 4.69) is 15.3 Å². The van der Waals surface area contributed by atoms with Gasteiger partial charge in [-0.2, -0.15) is 0 Å². The van der Waals surface area contributed by atoms with E-state index in [1.165, 1.54) is 4.57 Å². The lowest BCUT2D eigenvalue weighted by molar-refractivity contribution is 0.837. The van der Waals surface area contributed by atoms with Crippen LogP contribution in [0.25, 0.3) is 0 Å². The van der Waals surface area contributed by atoms with Crippen LogP contribution in [0.15, 0.2) is 28.8 Å². The molecule has 0 amide bonds. The van der Waals surface area contributed by atoms with Gasteiger partial charge in [0.25, 0.3) is 5.56 Å². The highest BCUT2D eigenvalue weighted by Gasteiger charge is 2.01. The largest absolute Gasteiger partial charge is 0.365 e. The first-order chi connectivity index (χ1) is 7.77. The van der Waals surface area contributed by atoms with Crippen LogP contribution in [0.3, 0.4) is 0 Å². The van der Waals surface area contributed by atoms with E-state index in [0.717, 1.165) is 11.4 Å². The predicted molar refractivity (Wildman–Crippen MR) is 63.8 cm³/mol. The zero-order valence-electron chi connectivity index (χ0n) is 8.88. The Balaban J connectivity index is 1.95. The van der Waals surface area contributed by atoms with E-state index >= 15 is 0 Å². The second-order valence-corrected chi connectivity index (χ2v) is 4.27. The van der Waals surface area contributed by atoms with Crippen molar-refractivity contribution in [1.82, 2.24) is 14.5 Å². The summed E-state index contributed by atoms with van der Waals surface area (Å²) >= 11 is 1.61. The molecule has 2 heterocycles. The molecular formula is C10H12N4OS. The summed E-state index contributed by atoms with van der Waals surface area (Å²) < 4.78 is 1.50. The summed E-state index contributed by atoms with van der Waals surface area (Å²) in [5.74, 6) is 0.390. The van der Waals surface area contributed by atoms with E-state index < -0.39 is 0 Å². The molecule has 0 aliphatic heterocycles. The van der Waals surface area contributed by atoms with E-state index in [0.29, 0.717) is 12.4 Å². The number of hydrogen-bond donors (Lipinski definition) is 1. The molecule has 5 nitrogen and oxygen atoms in total. The number of anilines is 1. The Bertz CT molecular complexity index is 506. The first-order valence-corrected chi connectivity index (χ1v) is 5.79. The minimum absolute atomic E-state index is 0.110. The Morgan fingerprint density at radius 2 is 2.31 bits per heavy atom. The Hall–Kier alpha value is -1.69. The molecule has 0 fully saturated rings. The number of nitrogens with one attached hydrogen (secondary N) is 1. The van der Waals surface area contributed by atoms with Crippen molar-refractivity contribution in [3.8, 4) is 0 Å². The molecule has 16 heavy (non-hydrogen) atoms. The Kier molecular flexibility index (Phi) is 3.31. The van der Waals surface area contributed by atoms with Gasteiger partial charge in [-0.15, -0.1) is 11.3 Å². The molecule has 0 radical (unpaired) electrons. The normalized spacial score (nSPS) is 10.3. The molecule has 6 heteroatoms. The van der Waals surface area contributed by atoms with E-state index in [1.807, 2.05) is 5.38 Å². The highest BCUT2D eigenvalue weighted by atomic mass is 32.1. The SMILES string of the molecule is Cn1ccnc(NCCc2nccs2)c1=O. The fraction of sp³-hybridized carbons (Fsp3) is 0.300. The molecular weight excluding hydrogens is 224 g/mol. The Morgan fingerprint density at radius 1 is 1.44 bits per heavy atom. The summed E-state index contributed by atoms with van der Waals surface area (Å²) in [6.07, 6.45) is 5.82. The Labute approximate surface area is 96.8 Å². The van der Waals surface area contributed by atoms with E-state index in [9.17, 15) is 4.79 Å². The van der Waals surface area contributed by atoms with Gasteiger partial charge in [0, 0.05) is 44.0 Å². The summed E-state index contributed by atoms with van der Waals surface area (Å²) in [7, 11) is 1.70. The lowest BCUT2D eigenvalue weighted by Gasteiger charge is -2.04. The van der Waals surface area contributed by atoms with Crippen LogP contribution < -0.4 is 10.9 Å². The van der Waals surface area contributed by atoms with Crippen LogP contribution in [0, 0.1) is 0 Å². The molecule has 0 atom stereocenters. The first kappa shape index (κ1) is 10.8. The minimum atomic E-state index is -0.110. The molecule has 0 spiro atoms. The fourth-order valence-electron chi connectivity index (χ4n) is 1.28. The van der Waals surface area contributed by atoms with Crippen molar-refractivity contribution in [2.75, 3.05) is 11.9 Å². The van der Waals surface area contributed by atoms with Crippen LogP contribution in [0.2, 0.25) is 0 Å². The average Bonchev–Trinajstić information content (AvgIpc) is 2.77. The van der Waals surface area contributed by atoms with Crippen molar-refractivity contribution >= 4 is 17.2 Å². The second-order valence-electron chi connectivity index (χ2n) is 3.29. The van der Waals surface area contributed by atoms with Crippen LogP contribution in [0.1, 0.15) is 5.01 Å². The van der Waals surface area contributed by atoms with E-state index in [1.54, 1.807) is 37.0 Å². The molecule has 1 N–H and O–H groups in total. The summed E-state index contributed by atoms with van der Waals surface area (Å²) in [5.41, 5.74) is -0.110. The van der Waals surface area contributed by atoms with Gasteiger partial charge in [-0.3, -0.25) is 4.79 Å². The fourth-order valence-corrected chi connectivity index (χ4v) is 1.90. The van der Waals surface area contributed by atoms with Crippen molar-refractivity contribution in [3.63, 3.8) is 0 Å². The standard InChI is InChI=1S/C10H12N4OS/c1-14-6-4-13-9(10(14)15)12-3-2-8-11-5-7-16-8/h4-7H,2-3H2,1H3,(H,12,13). The molecule has 0 saturated heterocycles. The summed E-state index contributed by atoms with van der Waals surface area (Å²) in [6.45, 7) is 0.666. The quantitative estimate of drug-likeness (QED) is 0.856. The third-order valence-electron chi connectivity index (χ3n) is 2.13. The number of aromatic nitrogens is 3. The molecule has 2 rings (SSSR count). The first-order valence-electron chi connectivity index (χ1n) is 4.91. The van der Waals surface area contributed by atoms with Crippen molar-refractivity contribution in [1.29, 1.82) is 0 Å². The van der Waals surface area contributed by atoms with Crippen LogP contribution in [-0.2, 0) is 13.5 Å². The van der Waals surface area contributed by atoms with Gasteiger partial charge >= 0.3 is 0 Å². The van der Waals surface area contributed by atoms with Gasteiger partial charge in [0.1, 0.15) is 0 Å². The zero-order valence-corrected chi connectivity index (χ0v) is 9.70. The lowest BCUT2D eigenvalue weighted by Crippen LogP contribution is -2.22. The maximum absolute atomic E-state index is 11.6. The van der Waals surface area contributed by atoms with Crippen LogP contribution in [0.5, 0.6) is 0 Å².